The number of aryl methyl sites for hydroxylation is 1. The molecule has 0 amide bonds. The molecule has 4 aromatic rings. The molecule has 1 aliphatic heterocycles. The Bertz CT molecular complexity index is 1440. The van der Waals surface area contributed by atoms with Crippen LogP contribution in [0, 0.1) is 11.6 Å². The van der Waals surface area contributed by atoms with Crippen molar-refractivity contribution in [2.45, 2.75) is 12.6 Å². The highest BCUT2D eigenvalue weighted by atomic mass is 19.1. The van der Waals surface area contributed by atoms with Crippen molar-refractivity contribution >= 4 is 11.2 Å². The first-order valence-electron chi connectivity index (χ1n) is 11.9. The van der Waals surface area contributed by atoms with Crippen LogP contribution < -0.4 is 11.2 Å². The molecular formula is C26H28F2N6O2. The van der Waals surface area contributed by atoms with Gasteiger partial charge in [-0.3, -0.25) is 23.7 Å². The van der Waals surface area contributed by atoms with Crippen LogP contribution in [0.5, 0.6) is 0 Å². The van der Waals surface area contributed by atoms with Gasteiger partial charge in [0.05, 0.1) is 12.4 Å². The normalized spacial score (nSPS) is 15.2. The lowest BCUT2D eigenvalue weighted by atomic mass is 9.96. The predicted octanol–water partition coefficient (Wildman–Crippen LogP) is 2.12. The van der Waals surface area contributed by atoms with Gasteiger partial charge in [0, 0.05) is 53.4 Å². The number of fused-ring (bicyclic) bond motifs is 1. The van der Waals surface area contributed by atoms with Crippen molar-refractivity contribution in [1.82, 2.24) is 28.5 Å². The van der Waals surface area contributed by atoms with E-state index in [1.807, 2.05) is 4.57 Å². The van der Waals surface area contributed by atoms with Crippen LogP contribution in [0.3, 0.4) is 0 Å². The maximum Gasteiger partial charge on any atom is 0.332 e. The van der Waals surface area contributed by atoms with Crippen molar-refractivity contribution in [3.8, 4) is 0 Å². The summed E-state index contributed by atoms with van der Waals surface area (Å²) in [4.78, 5) is 33.8. The van der Waals surface area contributed by atoms with Crippen LogP contribution in [-0.2, 0) is 20.6 Å². The van der Waals surface area contributed by atoms with E-state index in [0.29, 0.717) is 17.7 Å². The smallest absolute Gasteiger partial charge is 0.323 e. The number of aromatic nitrogens is 4. The molecular weight excluding hydrogens is 466 g/mol. The number of benzene rings is 2. The molecule has 1 aliphatic rings. The van der Waals surface area contributed by atoms with Gasteiger partial charge in [-0.05, 0) is 35.4 Å². The highest BCUT2D eigenvalue weighted by Crippen LogP contribution is 2.30. The van der Waals surface area contributed by atoms with Crippen LogP contribution in [0.15, 0.2) is 64.4 Å². The third kappa shape index (κ3) is 4.49. The van der Waals surface area contributed by atoms with Gasteiger partial charge in [0.25, 0.3) is 5.56 Å². The fourth-order valence-corrected chi connectivity index (χ4v) is 4.97. The Morgan fingerprint density at radius 3 is 1.92 bits per heavy atom. The van der Waals surface area contributed by atoms with Gasteiger partial charge in [0.2, 0.25) is 0 Å². The average Bonchev–Trinajstić information content (AvgIpc) is 3.32. The van der Waals surface area contributed by atoms with Gasteiger partial charge in [-0.1, -0.05) is 24.3 Å². The number of hydrogen-bond donors (Lipinski definition) is 0. The fourth-order valence-electron chi connectivity index (χ4n) is 4.97. The molecule has 1 saturated heterocycles. The molecule has 2 aromatic carbocycles. The van der Waals surface area contributed by atoms with Crippen LogP contribution in [0.2, 0.25) is 0 Å². The molecule has 2 aromatic heterocycles. The molecule has 0 radical (unpaired) electrons. The van der Waals surface area contributed by atoms with Crippen LogP contribution in [0.4, 0.5) is 8.78 Å². The summed E-state index contributed by atoms with van der Waals surface area (Å²) < 4.78 is 31.4. The monoisotopic (exact) mass is 494 g/mol. The largest absolute Gasteiger partial charge is 0.332 e. The van der Waals surface area contributed by atoms with Crippen molar-refractivity contribution in [3.05, 3.63) is 98.5 Å². The number of hydrogen-bond acceptors (Lipinski definition) is 5. The minimum Gasteiger partial charge on any atom is -0.323 e. The molecule has 36 heavy (non-hydrogen) atoms. The minimum atomic E-state index is -0.397. The molecule has 8 nitrogen and oxygen atoms in total. The van der Waals surface area contributed by atoms with E-state index in [1.54, 1.807) is 37.6 Å². The van der Waals surface area contributed by atoms with E-state index in [0.717, 1.165) is 48.4 Å². The summed E-state index contributed by atoms with van der Waals surface area (Å²) in [7, 11) is 3.08. The predicted molar refractivity (Wildman–Crippen MR) is 133 cm³/mol. The Labute approximate surface area is 206 Å². The maximum atomic E-state index is 13.6. The molecule has 188 valence electrons. The molecule has 1 fully saturated rings. The van der Waals surface area contributed by atoms with E-state index in [4.69, 9.17) is 0 Å². The molecule has 0 aliphatic carbocycles. The molecule has 0 unspecified atom stereocenters. The lowest BCUT2D eigenvalue weighted by Crippen LogP contribution is -2.48. The standard InChI is InChI=1S/C26H28F2N6O2/c1-30-24-23(25(35)31(2)26(30)36)34(17-29-24)16-13-32-11-14-33(15-12-32)22(18-3-7-20(27)8-4-18)19-5-9-21(28)10-6-19/h3-10,17,22H,11-16H2,1-2H3. The second kappa shape index (κ2) is 9.79. The van der Waals surface area contributed by atoms with Gasteiger partial charge in [0.15, 0.2) is 11.2 Å². The summed E-state index contributed by atoms with van der Waals surface area (Å²) in [5.41, 5.74) is 1.98. The van der Waals surface area contributed by atoms with E-state index >= 15 is 0 Å². The molecule has 0 atom stereocenters. The third-order valence-corrected chi connectivity index (χ3v) is 7.02. The van der Waals surface area contributed by atoms with E-state index < -0.39 is 5.69 Å². The van der Waals surface area contributed by atoms with Crippen molar-refractivity contribution in [2.75, 3.05) is 32.7 Å². The first-order valence-corrected chi connectivity index (χ1v) is 11.9. The van der Waals surface area contributed by atoms with E-state index in [9.17, 15) is 18.4 Å². The molecule has 10 heteroatoms. The van der Waals surface area contributed by atoms with Crippen molar-refractivity contribution in [2.24, 2.45) is 14.1 Å². The Kier molecular flexibility index (Phi) is 6.55. The Morgan fingerprint density at radius 1 is 0.806 bits per heavy atom. The quantitative estimate of drug-likeness (QED) is 0.411. The zero-order chi connectivity index (χ0) is 25.4. The van der Waals surface area contributed by atoms with Crippen LogP contribution in [-0.4, -0.2) is 61.2 Å². The van der Waals surface area contributed by atoms with Crippen molar-refractivity contribution < 1.29 is 8.78 Å². The van der Waals surface area contributed by atoms with Crippen molar-refractivity contribution in [1.29, 1.82) is 0 Å². The number of imidazole rings is 1. The lowest BCUT2D eigenvalue weighted by Gasteiger charge is -2.39. The summed E-state index contributed by atoms with van der Waals surface area (Å²) in [5, 5.41) is 0. The minimum absolute atomic E-state index is 0.102. The Morgan fingerprint density at radius 2 is 1.36 bits per heavy atom. The van der Waals surface area contributed by atoms with Gasteiger partial charge < -0.3 is 4.57 Å². The highest BCUT2D eigenvalue weighted by molar-refractivity contribution is 5.69. The second-order valence-electron chi connectivity index (χ2n) is 9.20. The van der Waals surface area contributed by atoms with Gasteiger partial charge in [-0.2, -0.15) is 0 Å². The average molecular weight is 495 g/mol. The third-order valence-electron chi connectivity index (χ3n) is 7.02. The van der Waals surface area contributed by atoms with Crippen LogP contribution >= 0.6 is 0 Å². The Balaban J connectivity index is 1.30. The Hall–Kier alpha value is -3.63. The van der Waals surface area contributed by atoms with Gasteiger partial charge in [0.1, 0.15) is 11.6 Å². The van der Waals surface area contributed by atoms with E-state index in [2.05, 4.69) is 14.8 Å². The maximum absolute atomic E-state index is 13.6. The second-order valence-corrected chi connectivity index (χ2v) is 9.20. The fraction of sp³-hybridized carbons (Fsp3) is 0.346. The molecule has 0 spiro atoms. The van der Waals surface area contributed by atoms with Crippen LogP contribution in [0.25, 0.3) is 11.2 Å². The molecule has 0 saturated carbocycles. The molecule has 5 rings (SSSR count). The SMILES string of the molecule is Cn1c(=O)c2c(ncn2CCN2CCN(C(c3ccc(F)cc3)c3ccc(F)cc3)CC2)n(C)c1=O. The van der Waals surface area contributed by atoms with Gasteiger partial charge in [-0.15, -0.1) is 0 Å². The number of halogens is 2. The summed E-state index contributed by atoms with van der Waals surface area (Å²) in [6.07, 6.45) is 1.61. The van der Waals surface area contributed by atoms with Crippen LogP contribution in [0.1, 0.15) is 17.2 Å². The first kappa shape index (κ1) is 24.1. The van der Waals surface area contributed by atoms with E-state index in [-0.39, 0.29) is 23.2 Å². The number of rotatable bonds is 6. The topological polar surface area (TPSA) is 68.3 Å². The number of piperazine rings is 1. The summed E-state index contributed by atoms with van der Waals surface area (Å²) in [5.74, 6) is -0.577. The lowest BCUT2D eigenvalue weighted by molar-refractivity contribution is 0.107. The molecule has 0 bridgehead atoms. The summed E-state index contributed by atoms with van der Waals surface area (Å²) in [6.45, 7) is 4.47. The molecule has 0 N–H and O–H groups in total. The zero-order valence-corrected chi connectivity index (χ0v) is 20.3. The van der Waals surface area contributed by atoms with Gasteiger partial charge >= 0.3 is 5.69 Å². The number of nitrogens with zero attached hydrogens (tertiary/aromatic N) is 6. The van der Waals surface area contributed by atoms with Gasteiger partial charge in [-0.25, -0.2) is 18.6 Å². The molecule has 3 heterocycles. The first-order chi connectivity index (χ1) is 17.3. The summed E-state index contributed by atoms with van der Waals surface area (Å²) in [6, 6.07) is 12.9. The van der Waals surface area contributed by atoms with E-state index in [1.165, 1.54) is 35.9 Å². The zero-order valence-electron chi connectivity index (χ0n) is 20.3. The summed E-state index contributed by atoms with van der Waals surface area (Å²) >= 11 is 0. The van der Waals surface area contributed by atoms with Crippen molar-refractivity contribution in [3.63, 3.8) is 0 Å². The highest BCUT2D eigenvalue weighted by Gasteiger charge is 2.27.